The third kappa shape index (κ3) is 4.86. The van der Waals surface area contributed by atoms with Crippen LogP contribution in [0.4, 0.5) is 23.7 Å². The van der Waals surface area contributed by atoms with Gasteiger partial charge < -0.3 is 14.9 Å². The largest absolute Gasteiger partial charge is 0.485 e. The molecule has 7 nitrogen and oxygen atoms in total. The summed E-state index contributed by atoms with van der Waals surface area (Å²) in [6.45, 7) is 4.73. The Labute approximate surface area is 182 Å². The number of ether oxygens (including phenoxy) is 1. The number of rotatable bonds is 6. The van der Waals surface area contributed by atoms with Crippen molar-refractivity contribution in [2.24, 2.45) is 0 Å². The summed E-state index contributed by atoms with van der Waals surface area (Å²) >= 11 is 0. The smallest absolute Gasteiger partial charge is 0.416 e. The molecule has 0 saturated carbocycles. The lowest BCUT2D eigenvalue weighted by Gasteiger charge is -2.21. The second-order valence-corrected chi connectivity index (χ2v) is 7.69. The van der Waals surface area contributed by atoms with Gasteiger partial charge in [-0.1, -0.05) is 12.1 Å². The van der Waals surface area contributed by atoms with Gasteiger partial charge in [-0.25, -0.2) is 4.79 Å². The highest BCUT2D eigenvalue weighted by atomic mass is 19.4. The van der Waals surface area contributed by atoms with E-state index in [2.05, 4.69) is 0 Å². The number of benzene rings is 2. The molecule has 2 aromatic carbocycles. The molecule has 2 N–H and O–H groups in total. The van der Waals surface area contributed by atoms with Crippen LogP contribution in [-0.2, 0) is 17.5 Å². The summed E-state index contributed by atoms with van der Waals surface area (Å²) < 4.78 is 43.9. The second-order valence-electron chi connectivity index (χ2n) is 7.69. The Morgan fingerprint density at radius 3 is 2.12 bits per heavy atom. The van der Waals surface area contributed by atoms with Crippen LogP contribution >= 0.6 is 0 Å². The van der Waals surface area contributed by atoms with Crippen LogP contribution in [0.25, 0.3) is 0 Å². The highest BCUT2D eigenvalue weighted by Gasteiger charge is 2.37. The van der Waals surface area contributed by atoms with E-state index in [0.29, 0.717) is 22.4 Å². The molecule has 0 aromatic heterocycles. The van der Waals surface area contributed by atoms with Gasteiger partial charge in [0.15, 0.2) is 6.29 Å². The number of amides is 3. The van der Waals surface area contributed by atoms with E-state index in [-0.39, 0.29) is 18.8 Å². The predicted octanol–water partition coefficient (Wildman–Crippen LogP) is 3.37. The number of aliphatic hydroxyl groups excluding tert-OH is 1. The first-order valence-electron chi connectivity index (χ1n) is 9.80. The van der Waals surface area contributed by atoms with Gasteiger partial charge in [-0.3, -0.25) is 14.6 Å². The summed E-state index contributed by atoms with van der Waals surface area (Å²) in [5, 5.41) is 18.5. The number of nitrogens with zero attached hydrogens (tertiary/aromatic N) is 2. The molecule has 1 heterocycles. The van der Waals surface area contributed by atoms with Crippen molar-refractivity contribution in [1.82, 2.24) is 4.90 Å². The molecule has 172 valence electrons. The minimum absolute atomic E-state index is 0.0189. The van der Waals surface area contributed by atoms with Gasteiger partial charge in [0.05, 0.1) is 12.1 Å². The minimum atomic E-state index is -4.49. The summed E-state index contributed by atoms with van der Waals surface area (Å²) in [6.07, 6.45) is -6.99. The Kier molecular flexibility index (Phi) is 6.47. The Morgan fingerprint density at radius 2 is 1.62 bits per heavy atom. The van der Waals surface area contributed by atoms with Crippen LogP contribution in [-0.4, -0.2) is 46.0 Å². The summed E-state index contributed by atoms with van der Waals surface area (Å²) in [5.74, 6) is 0.00219. The number of hydrogen-bond donors (Lipinski definition) is 2. The number of aryl methyl sites for hydroxylation is 2. The van der Waals surface area contributed by atoms with Crippen LogP contribution in [0.5, 0.6) is 5.75 Å². The third-order valence-corrected chi connectivity index (χ3v) is 5.15. The van der Waals surface area contributed by atoms with Crippen LogP contribution in [0.2, 0.25) is 0 Å². The maximum Gasteiger partial charge on any atom is 0.416 e. The van der Waals surface area contributed by atoms with E-state index in [4.69, 9.17) is 4.74 Å². The fourth-order valence-electron chi connectivity index (χ4n) is 3.47. The van der Waals surface area contributed by atoms with Crippen LogP contribution < -0.4 is 9.64 Å². The van der Waals surface area contributed by atoms with E-state index in [9.17, 15) is 33.0 Å². The lowest BCUT2D eigenvalue weighted by atomic mass is 10.0. The molecule has 0 bridgehead atoms. The number of aliphatic hydroxyl groups is 2. The predicted molar refractivity (Wildman–Crippen MR) is 109 cm³/mol. The van der Waals surface area contributed by atoms with Crippen molar-refractivity contribution in [2.75, 3.05) is 11.4 Å². The number of carbonyl (C=O) groups is 2. The Balaban J connectivity index is 1.77. The van der Waals surface area contributed by atoms with Crippen LogP contribution in [0, 0.1) is 13.8 Å². The topological polar surface area (TPSA) is 90.3 Å². The normalized spacial score (nSPS) is 15.7. The average molecular weight is 452 g/mol. The van der Waals surface area contributed by atoms with Crippen molar-refractivity contribution in [1.29, 1.82) is 0 Å². The van der Waals surface area contributed by atoms with E-state index in [1.165, 1.54) is 6.92 Å². The van der Waals surface area contributed by atoms with Gasteiger partial charge >= 0.3 is 12.2 Å². The van der Waals surface area contributed by atoms with Gasteiger partial charge in [0.2, 0.25) is 0 Å². The number of anilines is 1. The molecule has 0 spiro atoms. The van der Waals surface area contributed by atoms with E-state index in [1.807, 2.05) is 0 Å². The molecule has 2 aromatic rings. The highest BCUT2D eigenvalue weighted by molar-refractivity contribution is 6.12. The Hall–Kier alpha value is -3.11. The van der Waals surface area contributed by atoms with E-state index in [0.717, 1.165) is 34.1 Å². The molecule has 1 saturated heterocycles. The molecule has 1 atom stereocenters. The summed E-state index contributed by atoms with van der Waals surface area (Å²) in [4.78, 5) is 27.4. The molecule has 0 aliphatic carbocycles. The molecule has 1 fully saturated rings. The standard InChI is InChI=1S/C22H23F3N2O5/c1-12-8-15(9-13(2)19(12)32-14(3)20(29)30)10-27-18(28)11-26(21(27)31)17-6-4-16(5-7-17)22(23,24)25/h4-9,14,20,29-30H,10-11H2,1-3H3. The zero-order chi connectivity index (χ0) is 23.8. The molecule has 3 rings (SSSR count). The van der Waals surface area contributed by atoms with E-state index < -0.39 is 36.1 Å². The molecule has 32 heavy (non-hydrogen) atoms. The Bertz CT molecular complexity index is 998. The van der Waals surface area contributed by atoms with Crippen molar-refractivity contribution in [3.05, 3.63) is 58.7 Å². The summed E-state index contributed by atoms with van der Waals surface area (Å²) in [5.41, 5.74) is 1.39. The van der Waals surface area contributed by atoms with Crippen LogP contribution in [0.1, 0.15) is 29.2 Å². The zero-order valence-corrected chi connectivity index (χ0v) is 17.7. The SMILES string of the molecule is Cc1cc(CN2C(=O)CN(c3ccc(C(F)(F)F)cc3)C2=O)cc(C)c1OC(C)C(O)O. The molecular formula is C22H23F3N2O5. The zero-order valence-electron chi connectivity index (χ0n) is 17.7. The minimum Gasteiger partial charge on any atom is -0.485 e. The van der Waals surface area contributed by atoms with Crippen molar-refractivity contribution in [3.8, 4) is 5.75 Å². The number of carbonyl (C=O) groups excluding carboxylic acids is 2. The van der Waals surface area contributed by atoms with E-state index >= 15 is 0 Å². The second kappa shape index (κ2) is 8.79. The average Bonchev–Trinajstić information content (AvgIpc) is 2.98. The third-order valence-electron chi connectivity index (χ3n) is 5.15. The number of hydrogen-bond acceptors (Lipinski definition) is 5. The first-order chi connectivity index (χ1) is 14.9. The molecule has 10 heteroatoms. The van der Waals surface area contributed by atoms with Crippen molar-refractivity contribution >= 4 is 17.6 Å². The fourth-order valence-corrected chi connectivity index (χ4v) is 3.47. The molecule has 3 amide bonds. The van der Waals surface area contributed by atoms with Gasteiger partial charge in [-0.2, -0.15) is 13.2 Å². The van der Waals surface area contributed by atoms with Crippen molar-refractivity contribution in [3.63, 3.8) is 0 Å². The van der Waals surface area contributed by atoms with Gasteiger partial charge in [0.1, 0.15) is 18.4 Å². The maximum absolute atomic E-state index is 12.8. The Morgan fingerprint density at radius 1 is 1.06 bits per heavy atom. The molecular weight excluding hydrogens is 429 g/mol. The van der Waals surface area contributed by atoms with Gasteiger partial charge in [0.25, 0.3) is 5.91 Å². The summed E-state index contributed by atoms with van der Waals surface area (Å²) in [6, 6.07) is 6.88. The van der Waals surface area contributed by atoms with Crippen LogP contribution in [0.3, 0.4) is 0 Å². The molecule has 1 aliphatic rings. The summed E-state index contributed by atoms with van der Waals surface area (Å²) in [7, 11) is 0. The van der Waals surface area contributed by atoms with Gasteiger partial charge in [-0.15, -0.1) is 0 Å². The van der Waals surface area contributed by atoms with Gasteiger partial charge in [-0.05, 0) is 61.7 Å². The molecule has 0 radical (unpaired) electrons. The van der Waals surface area contributed by atoms with E-state index in [1.54, 1.807) is 26.0 Å². The first-order valence-corrected chi connectivity index (χ1v) is 9.80. The fraction of sp³-hybridized carbons (Fsp3) is 0.364. The maximum atomic E-state index is 12.8. The van der Waals surface area contributed by atoms with Crippen molar-refractivity contribution in [2.45, 2.75) is 45.9 Å². The molecule has 1 unspecified atom stereocenters. The number of alkyl halides is 3. The number of imide groups is 1. The molecule has 1 aliphatic heterocycles. The van der Waals surface area contributed by atoms with Crippen molar-refractivity contribution < 1.29 is 37.7 Å². The lowest BCUT2D eigenvalue weighted by Crippen LogP contribution is -2.32. The highest BCUT2D eigenvalue weighted by Crippen LogP contribution is 2.32. The quantitative estimate of drug-likeness (QED) is 0.518. The lowest BCUT2D eigenvalue weighted by molar-refractivity contribution is -0.137. The monoisotopic (exact) mass is 452 g/mol. The van der Waals surface area contributed by atoms with Crippen LogP contribution in [0.15, 0.2) is 36.4 Å². The number of halogens is 3. The number of urea groups is 1. The first kappa shape index (κ1) is 23.6. The van der Waals surface area contributed by atoms with Gasteiger partial charge in [0, 0.05) is 5.69 Å².